The number of nitrogens with one attached hydrogen (secondary N) is 1. The second-order valence-electron chi connectivity index (χ2n) is 4.71. The van der Waals surface area contributed by atoms with Crippen molar-refractivity contribution in [2.45, 2.75) is 0 Å². The van der Waals surface area contributed by atoms with Gasteiger partial charge in [0.05, 0.1) is 12.1 Å². The van der Waals surface area contributed by atoms with Crippen molar-refractivity contribution in [3.05, 3.63) is 64.4 Å². The quantitative estimate of drug-likeness (QED) is 0.578. The molecule has 0 radical (unpaired) electrons. The lowest BCUT2D eigenvalue weighted by Crippen LogP contribution is -2.32. The lowest BCUT2D eigenvalue weighted by Gasteiger charge is -2.09. The van der Waals surface area contributed by atoms with Gasteiger partial charge in [-0.05, 0) is 46.3 Å². The number of halogens is 2. The largest absolute Gasteiger partial charge is 0.492 e. The molecule has 0 spiro atoms. The first-order chi connectivity index (χ1) is 11.6. The molecule has 0 aliphatic carbocycles. The molecule has 1 amide bonds. The van der Waals surface area contributed by atoms with E-state index in [4.69, 9.17) is 9.47 Å². The van der Waals surface area contributed by atoms with Crippen molar-refractivity contribution in [3.8, 4) is 5.75 Å². The summed E-state index contributed by atoms with van der Waals surface area (Å²) in [5, 5.41) is 2.56. The Morgan fingerprint density at radius 1 is 1.12 bits per heavy atom. The zero-order valence-corrected chi connectivity index (χ0v) is 14.2. The van der Waals surface area contributed by atoms with Crippen LogP contribution < -0.4 is 10.1 Å². The van der Waals surface area contributed by atoms with Gasteiger partial charge in [-0.15, -0.1) is 0 Å². The van der Waals surface area contributed by atoms with E-state index in [0.29, 0.717) is 16.8 Å². The van der Waals surface area contributed by atoms with E-state index >= 15 is 0 Å². The molecule has 0 aliphatic rings. The van der Waals surface area contributed by atoms with Crippen molar-refractivity contribution >= 4 is 27.8 Å². The summed E-state index contributed by atoms with van der Waals surface area (Å²) in [7, 11) is 0. The molecule has 0 aliphatic heterocycles. The van der Waals surface area contributed by atoms with Gasteiger partial charge in [0.1, 0.15) is 18.2 Å². The Kier molecular flexibility index (Phi) is 6.74. The van der Waals surface area contributed by atoms with Crippen molar-refractivity contribution in [1.29, 1.82) is 0 Å². The summed E-state index contributed by atoms with van der Waals surface area (Å²) in [6.07, 6.45) is 0. The van der Waals surface area contributed by atoms with Crippen LogP contribution in [0, 0.1) is 5.82 Å². The molecule has 0 bridgehead atoms. The molecule has 0 saturated heterocycles. The molecule has 0 heterocycles. The summed E-state index contributed by atoms with van der Waals surface area (Å²) in [6, 6.07) is 12.8. The molecule has 0 aromatic heterocycles. The highest BCUT2D eigenvalue weighted by molar-refractivity contribution is 9.10. The fourth-order valence-corrected chi connectivity index (χ4v) is 2.20. The molecule has 2 aromatic rings. The van der Waals surface area contributed by atoms with E-state index in [-0.39, 0.29) is 12.1 Å². The van der Waals surface area contributed by atoms with E-state index in [1.54, 1.807) is 12.1 Å². The Bertz CT molecular complexity index is 709. The number of benzene rings is 2. The van der Waals surface area contributed by atoms with E-state index in [2.05, 4.69) is 21.2 Å². The monoisotopic (exact) mass is 395 g/mol. The highest BCUT2D eigenvalue weighted by Crippen LogP contribution is 2.18. The summed E-state index contributed by atoms with van der Waals surface area (Å²) in [5.41, 5.74) is 0.0233. The van der Waals surface area contributed by atoms with Crippen molar-refractivity contribution in [2.75, 3.05) is 19.8 Å². The van der Waals surface area contributed by atoms with E-state index in [0.717, 1.165) is 6.07 Å². The maximum absolute atomic E-state index is 13.1. The summed E-state index contributed by atoms with van der Waals surface area (Å²) in [5.74, 6) is -1.11. The minimum absolute atomic E-state index is 0.0233. The van der Waals surface area contributed by atoms with E-state index in [1.165, 1.54) is 12.1 Å². The minimum Gasteiger partial charge on any atom is -0.492 e. The Morgan fingerprint density at radius 2 is 1.88 bits per heavy atom. The molecule has 0 unspecified atom stereocenters. The standard InChI is InChI=1S/C17H15BrFNO4/c18-15-7-6-12(19)10-14(15)17(22)24-11-16(21)20-8-9-23-13-4-2-1-3-5-13/h1-7,10H,8-9,11H2,(H,20,21). The third kappa shape index (κ3) is 5.66. The van der Waals surface area contributed by atoms with Crippen LogP contribution in [0.2, 0.25) is 0 Å². The van der Waals surface area contributed by atoms with Crippen LogP contribution in [0.15, 0.2) is 53.0 Å². The number of carbonyl (C=O) groups excluding carboxylic acids is 2. The lowest BCUT2D eigenvalue weighted by molar-refractivity contribution is -0.124. The van der Waals surface area contributed by atoms with Crippen LogP contribution in [0.3, 0.4) is 0 Å². The van der Waals surface area contributed by atoms with Crippen LogP contribution in [0.25, 0.3) is 0 Å². The number of esters is 1. The molecule has 1 N–H and O–H groups in total. The van der Waals surface area contributed by atoms with Gasteiger partial charge in [-0.1, -0.05) is 18.2 Å². The zero-order chi connectivity index (χ0) is 17.4. The number of hydrogen-bond donors (Lipinski definition) is 1. The number of amides is 1. The molecule has 2 rings (SSSR count). The maximum Gasteiger partial charge on any atom is 0.339 e. The van der Waals surface area contributed by atoms with Gasteiger partial charge < -0.3 is 14.8 Å². The SMILES string of the molecule is O=C(COC(=O)c1cc(F)ccc1Br)NCCOc1ccccc1. The average Bonchev–Trinajstić information content (AvgIpc) is 2.59. The highest BCUT2D eigenvalue weighted by Gasteiger charge is 2.14. The number of para-hydroxylation sites is 1. The summed E-state index contributed by atoms with van der Waals surface area (Å²) in [4.78, 5) is 23.4. The van der Waals surface area contributed by atoms with Crippen LogP contribution in [-0.4, -0.2) is 31.6 Å². The second kappa shape index (κ2) is 9.02. The average molecular weight is 396 g/mol. The Hall–Kier alpha value is -2.41. The van der Waals surface area contributed by atoms with Gasteiger partial charge in [0, 0.05) is 4.47 Å². The normalized spacial score (nSPS) is 10.1. The molecule has 0 saturated carbocycles. The highest BCUT2D eigenvalue weighted by atomic mass is 79.9. The van der Waals surface area contributed by atoms with Crippen molar-refractivity contribution in [2.24, 2.45) is 0 Å². The molecule has 2 aromatic carbocycles. The van der Waals surface area contributed by atoms with Gasteiger partial charge in [-0.25, -0.2) is 9.18 Å². The fourth-order valence-electron chi connectivity index (χ4n) is 1.79. The minimum atomic E-state index is -0.780. The molecule has 24 heavy (non-hydrogen) atoms. The summed E-state index contributed by atoms with van der Waals surface area (Å²) in [6.45, 7) is 0.112. The number of hydrogen-bond acceptors (Lipinski definition) is 4. The van der Waals surface area contributed by atoms with Gasteiger partial charge in [0.15, 0.2) is 6.61 Å². The van der Waals surface area contributed by atoms with Crippen molar-refractivity contribution in [1.82, 2.24) is 5.32 Å². The topological polar surface area (TPSA) is 64.6 Å². The van der Waals surface area contributed by atoms with Crippen molar-refractivity contribution < 1.29 is 23.5 Å². The van der Waals surface area contributed by atoms with Crippen molar-refractivity contribution in [3.63, 3.8) is 0 Å². The Morgan fingerprint density at radius 3 is 2.62 bits per heavy atom. The summed E-state index contributed by atoms with van der Waals surface area (Å²) >= 11 is 3.13. The molecule has 5 nitrogen and oxygen atoms in total. The van der Waals surface area contributed by atoms with Crippen LogP contribution in [-0.2, 0) is 9.53 Å². The van der Waals surface area contributed by atoms with E-state index < -0.39 is 24.3 Å². The molecule has 126 valence electrons. The van der Waals surface area contributed by atoms with E-state index in [1.807, 2.05) is 18.2 Å². The van der Waals surface area contributed by atoms with Gasteiger partial charge >= 0.3 is 5.97 Å². The fraction of sp³-hybridized carbons (Fsp3) is 0.176. The Labute approximate surface area is 146 Å². The predicted molar refractivity (Wildman–Crippen MR) is 89.3 cm³/mol. The predicted octanol–water partition coefficient (Wildman–Crippen LogP) is 2.94. The van der Waals surface area contributed by atoms with Crippen LogP contribution in [0.5, 0.6) is 5.75 Å². The molecular formula is C17H15BrFNO4. The Balaban J connectivity index is 1.69. The maximum atomic E-state index is 13.1. The molecule has 7 heteroatoms. The molecule has 0 fully saturated rings. The first-order valence-corrected chi connectivity index (χ1v) is 7.92. The van der Waals surface area contributed by atoms with Gasteiger partial charge in [0.2, 0.25) is 0 Å². The van der Waals surface area contributed by atoms with Gasteiger partial charge in [-0.2, -0.15) is 0 Å². The number of carbonyl (C=O) groups is 2. The first kappa shape index (κ1) is 17.9. The van der Waals surface area contributed by atoms with Crippen LogP contribution in [0.1, 0.15) is 10.4 Å². The summed E-state index contributed by atoms with van der Waals surface area (Å²) < 4.78 is 23.8. The van der Waals surface area contributed by atoms with Crippen LogP contribution in [0.4, 0.5) is 4.39 Å². The van der Waals surface area contributed by atoms with Gasteiger partial charge in [0.25, 0.3) is 5.91 Å². The van der Waals surface area contributed by atoms with Crippen LogP contribution >= 0.6 is 15.9 Å². The first-order valence-electron chi connectivity index (χ1n) is 7.13. The van der Waals surface area contributed by atoms with E-state index in [9.17, 15) is 14.0 Å². The lowest BCUT2D eigenvalue weighted by atomic mass is 10.2. The molecular weight excluding hydrogens is 381 g/mol. The number of rotatable bonds is 7. The third-order valence-electron chi connectivity index (χ3n) is 2.92. The zero-order valence-electron chi connectivity index (χ0n) is 12.6. The third-order valence-corrected chi connectivity index (χ3v) is 3.61. The smallest absolute Gasteiger partial charge is 0.339 e. The van der Waals surface area contributed by atoms with Gasteiger partial charge in [-0.3, -0.25) is 4.79 Å². The number of ether oxygens (including phenoxy) is 2. The molecule has 0 atom stereocenters. The second-order valence-corrected chi connectivity index (χ2v) is 5.57.